The lowest BCUT2D eigenvalue weighted by atomic mass is 9.61. The zero-order valence-corrected chi connectivity index (χ0v) is 20.5. The third-order valence-corrected chi connectivity index (χ3v) is 7.23. The second kappa shape index (κ2) is 10.2. The van der Waals surface area contributed by atoms with Crippen LogP contribution in [0.4, 0.5) is 0 Å². The van der Waals surface area contributed by atoms with Crippen molar-refractivity contribution in [3.8, 4) is 5.75 Å². The summed E-state index contributed by atoms with van der Waals surface area (Å²) in [6.45, 7) is 3.50. The number of hydrogen-bond acceptors (Lipinski definition) is 7. The molecule has 2 atom stereocenters. The van der Waals surface area contributed by atoms with Crippen molar-refractivity contribution >= 4 is 17.7 Å². The van der Waals surface area contributed by atoms with E-state index in [9.17, 15) is 14.4 Å². The lowest BCUT2D eigenvalue weighted by Crippen LogP contribution is -2.60. The summed E-state index contributed by atoms with van der Waals surface area (Å²) >= 11 is 0. The van der Waals surface area contributed by atoms with Crippen molar-refractivity contribution in [3.63, 3.8) is 0 Å². The van der Waals surface area contributed by atoms with Crippen molar-refractivity contribution in [1.82, 2.24) is 0 Å². The van der Waals surface area contributed by atoms with Crippen LogP contribution in [0, 0.1) is 11.3 Å². The average Bonchev–Trinajstić information content (AvgIpc) is 3.48. The Hall–Kier alpha value is -3.19. The quantitative estimate of drug-likeness (QED) is 0.308. The number of rotatable bonds is 8. The molecule has 0 N–H and O–H groups in total. The molecular formula is C28H32O7. The van der Waals surface area contributed by atoms with Gasteiger partial charge in [0.1, 0.15) is 5.75 Å². The largest absolute Gasteiger partial charge is 0.497 e. The minimum Gasteiger partial charge on any atom is -0.497 e. The Morgan fingerprint density at radius 2 is 1.46 bits per heavy atom. The molecule has 2 aliphatic rings. The second-order valence-corrected chi connectivity index (χ2v) is 8.97. The van der Waals surface area contributed by atoms with Crippen molar-refractivity contribution in [2.45, 2.75) is 51.2 Å². The molecule has 35 heavy (non-hydrogen) atoms. The van der Waals surface area contributed by atoms with Crippen LogP contribution in [0.1, 0.15) is 61.6 Å². The number of Topliss-reactive ketones (excluding diaryl/α,β-unsaturated/α-hetero) is 1. The van der Waals surface area contributed by atoms with Gasteiger partial charge >= 0.3 is 11.9 Å². The molecule has 0 bridgehead atoms. The molecule has 1 heterocycles. The molecule has 7 nitrogen and oxygen atoms in total. The molecule has 2 aromatic carbocycles. The zero-order chi connectivity index (χ0) is 25.1. The van der Waals surface area contributed by atoms with Gasteiger partial charge < -0.3 is 18.9 Å². The molecule has 0 aromatic heterocycles. The summed E-state index contributed by atoms with van der Waals surface area (Å²) in [7, 11) is 1.55. The van der Waals surface area contributed by atoms with E-state index in [1.54, 1.807) is 45.2 Å². The maximum absolute atomic E-state index is 14.3. The number of benzene rings is 2. The van der Waals surface area contributed by atoms with Crippen molar-refractivity contribution in [1.29, 1.82) is 0 Å². The van der Waals surface area contributed by atoms with Crippen molar-refractivity contribution in [2.24, 2.45) is 11.3 Å². The summed E-state index contributed by atoms with van der Waals surface area (Å²) in [6.07, 6.45) is 1.63. The highest BCUT2D eigenvalue weighted by Crippen LogP contribution is 2.63. The van der Waals surface area contributed by atoms with E-state index in [0.29, 0.717) is 24.2 Å². The second-order valence-electron chi connectivity index (χ2n) is 8.97. The molecule has 2 fully saturated rings. The van der Waals surface area contributed by atoms with E-state index in [1.807, 2.05) is 30.3 Å². The van der Waals surface area contributed by atoms with E-state index < -0.39 is 35.0 Å². The van der Waals surface area contributed by atoms with Crippen LogP contribution in [0.5, 0.6) is 5.75 Å². The topological polar surface area (TPSA) is 88.1 Å². The molecule has 4 rings (SSSR count). The highest BCUT2D eigenvalue weighted by atomic mass is 16.6. The van der Waals surface area contributed by atoms with Crippen LogP contribution in [0.15, 0.2) is 54.6 Å². The highest BCUT2D eigenvalue weighted by Gasteiger charge is 2.77. The number of ketones is 1. The van der Waals surface area contributed by atoms with Gasteiger partial charge in [0.2, 0.25) is 5.41 Å². The monoisotopic (exact) mass is 480 g/mol. The SMILES string of the molecule is CCOC(=O)C1(C(=O)OCC)[C@H](C(=O)c2ccc(OC)cc2)[C@@H](c2ccccc2)OC12CCCC2. The number of carbonyl (C=O) groups excluding carboxylic acids is 3. The van der Waals surface area contributed by atoms with Crippen LogP contribution < -0.4 is 4.74 Å². The highest BCUT2D eigenvalue weighted by molar-refractivity contribution is 6.11. The molecule has 0 unspecified atom stereocenters. The number of carbonyl (C=O) groups is 3. The Kier molecular flexibility index (Phi) is 7.26. The van der Waals surface area contributed by atoms with Crippen LogP contribution in [-0.2, 0) is 23.8 Å². The molecule has 1 aliphatic heterocycles. The maximum atomic E-state index is 14.3. The number of methoxy groups -OCH3 is 1. The van der Waals surface area contributed by atoms with Crippen molar-refractivity contribution < 1.29 is 33.3 Å². The molecule has 1 spiro atoms. The van der Waals surface area contributed by atoms with Gasteiger partial charge in [0.05, 0.1) is 37.9 Å². The molecular weight excluding hydrogens is 448 g/mol. The van der Waals surface area contributed by atoms with Gasteiger partial charge in [-0.2, -0.15) is 0 Å². The molecule has 0 radical (unpaired) electrons. The molecule has 7 heteroatoms. The summed E-state index contributed by atoms with van der Waals surface area (Å²) in [6, 6.07) is 15.9. The lowest BCUT2D eigenvalue weighted by Gasteiger charge is -2.40. The first-order valence-corrected chi connectivity index (χ1v) is 12.2. The first-order valence-electron chi connectivity index (χ1n) is 12.2. The van der Waals surface area contributed by atoms with Gasteiger partial charge in [-0.05, 0) is 56.5 Å². The molecule has 1 aliphatic carbocycles. The van der Waals surface area contributed by atoms with Gasteiger partial charge in [-0.15, -0.1) is 0 Å². The third-order valence-electron chi connectivity index (χ3n) is 7.23. The average molecular weight is 481 g/mol. The van der Waals surface area contributed by atoms with Gasteiger partial charge in [0.25, 0.3) is 0 Å². The van der Waals surface area contributed by atoms with E-state index in [1.165, 1.54) is 0 Å². The Morgan fingerprint density at radius 1 is 0.886 bits per heavy atom. The lowest BCUT2D eigenvalue weighted by molar-refractivity contribution is -0.188. The fraction of sp³-hybridized carbons (Fsp3) is 0.464. The minimum atomic E-state index is -1.92. The summed E-state index contributed by atoms with van der Waals surface area (Å²) in [5, 5.41) is 0. The Bertz CT molecular complexity index is 1040. The van der Waals surface area contributed by atoms with Crippen molar-refractivity contribution in [3.05, 3.63) is 65.7 Å². The number of ether oxygens (including phenoxy) is 4. The van der Waals surface area contributed by atoms with Crippen LogP contribution in [0.25, 0.3) is 0 Å². The Morgan fingerprint density at radius 3 is 1.97 bits per heavy atom. The van der Waals surface area contributed by atoms with Crippen LogP contribution >= 0.6 is 0 Å². The Labute approximate surface area is 205 Å². The number of hydrogen-bond donors (Lipinski definition) is 0. The van der Waals surface area contributed by atoms with E-state index in [-0.39, 0.29) is 19.0 Å². The molecule has 1 saturated heterocycles. The molecule has 2 aromatic rings. The fourth-order valence-corrected chi connectivity index (χ4v) is 5.74. The van der Waals surface area contributed by atoms with Gasteiger partial charge in [-0.1, -0.05) is 43.2 Å². The summed E-state index contributed by atoms with van der Waals surface area (Å²) in [5.74, 6) is -2.45. The predicted molar refractivity (Wildman–Crippen MR) is 128 cm³/mol. The van der Waals surface area contributed by atoms with Gasteiger partial charge in [0, 0.05) is 5.56 Å². The standard InChI is InChI=1S/C28H32O7/c1-4-33-25(30)28(26(31)34-5-2)22(23(29)19-13-15-21(32-3)16-14-19)24(20-11-7-6-8-12-20)35-27(28)17-9-10-18-27/h6-8,11-16,22,24H,4-5,9-10,17-18H2,1-3H3/t22-,24-/m1/s1. The van der Waals surface area contributed by atoms with E-state index in [4.69, 9.17) is 18.9 Å². The molecule has 0 amide bonds. The zero-order valence-electron chi connectivity index (χ0n) is 20.5. The first-order chi connectivity index (χ1) is 16.9. The predicted octanol–water partition coefficient (Wildman–Crippen LogP) is 4.69. The smallest absolute Gasteiger partial charge is 0.327 e. The van der Waals surface area contributed by atoms with Crippen LogP contribution in [0.2, 0.25) is 0 Å². The van der Waals surface area contributed by atoms with E-state index in [2.05, 4.69) is 0 Å². The third kappa shape index (κ3) is 4.01. The summed E-state index contributed by atoms with van der Waals surface area (Å²) in [5.41, 5.74) is -2.04. The molecule has 1 saturated carbocycles. The summed E-state index contributed by atoms with van der Waals surface area (Å²) in [4.78, 5) is 42.1. The molecule has 186 valence electrons. The van der Waals surface area contributed by atoms with Crippen LogP contribution in [0.3, 0.4) is 0 Å². The van der Waals surface area contributed by atoms with E-state index in [0.717, 1.165) is 18.4 Å². The van der Waals surface area contributed by atoms with Crippen LogP contribution in [-0.4, -0.2) is 43.6 Å². The normalized spacial score (nSPS) is 22.0. The summed E-state index contributed by atoms with van der Waals surface area (Å²) < 4.78 is 23.0. The Balaban J connectivity index is 1.97. The fourth-order valence-electron chi connectivity index (χ4n) is 5.74. The van der Waals surface area contributed by atoms with E-state index >= 15 is 0 Å². The van der Waals surface area contributed by atoms with Crippen molar-refractivity contribution in [2.75, 3.05) is 20.3 Å². The maximum Gasteiger partial charge on any atom is 0.327 e. The van der Waals surface area contributed by atoms with Gasteiger partial charge in [0.15, 0.2) is 5.78 Å². The van der Waals surface area contributed by atoms with Gasteiger partial charge in [-0.25, -0.2) is 0 Å². The first kappa shape index (κ1) is 24.9. The number of esters is 2. The minimum absolute atomic E-state index is 0.0650. The van der Waals surface area contributed by atoms with Gasteiger partial charge in [-0.3, -0.25) is 14.4 Å².